The summed E-state index contributed by atoms with van der Waals surface area (Å²) in [7, 11) is 0. The van der Waals surface area contributed by atoms with Crippen LogP contribution in [0.15, 0.2) is 11.6 Å². The van der Waals surface area contributed by atoms with Crippen LogP contribution in [0.25, 0.3) is 0 Å². The number of nitrogens with zero attached hydrogens (tertiary/aromatic N) is 3. The molecule has 6 nitrogen and oxygen atoms in total. The van der Waals surface area contributed by atoms with Gasteiger partial charge in [0.1, 0.15) is 0 Å². The summed E-state index contributed by atoms with van der Waals surface area (Å²) in [6.07, 6.45) is 0.824. The second-order valence-corrected chi connectivity index (χ2v) is 4.71. The first kappa shape index (κ1) is 12.7. The van der Waals surface area contributed by atoms with Crippen LogP contribution < -0.4 is 16.0 Å². The summed E-state index contributed by atoms with van der Waals surface area (Å²) in [6, 6.07) is 1.78. The predicted molar refractivity (Wildman–Crippen MR) is 70.6 cm³/mol. The smallest absolute Gasteiger partial charge is 0.240 e. The fourth-order valence-electron chi connectivity index (χ4n) is 1.49. The third-order valence-corrected chi connectivity index (χ3v) is 3.38. The molecule has 0 amide bonds. The molecular formula is C11H15N5OS. The highest BCUT2D eigenvalue weighted by Gasteiger charge is 2.04. The first-order chi connectivity index (χ1) is 8.69. The molecule has 2 aromatic rings. The summed E-state index contributed by atoms with van der Waals surface area (Å²) in [4.78, 5) is 13.6. The molecule has 18 heavy (non-hydrogen) atoms. The Morgan fingerprint density at radius 1 is 1.39 bits per heavy atom. The number of aryl methyl sites for hydroxylation is 2. The lowest BCUT2D eigenvalue weighted by Crippen LogP contribution is -2.12. The van der Waals surface area contributed by atoms with E-state index in [1.807, 2.05) is 19.4 Å². The highest BCUT2D eigenvalue weighted by atomic mass is 32.1. The first-order valence-corrected chi connectivity index (χ1v) is 6.41. The molecule has 96 valence electrons. The largest absolute Gasteiger partial charge is 0.477 e. The standard InChI is InChI=1S/C11H15N5OS/c1-7-5-10(15-11(14-7)16-12)17-4-3-9-8(2)13-6-18-9/h5-6H,3-4,12H2,1-2H3,(H,14,15,16). The maximum Gasteiger partial charge on any atom is 0.240 e. The van der Waals surface area contributed by atoms with Gasteiger partial charge < -0.3 is 4.74 Å². The van der Waals surface area contributed by atoms with E-state index in [9.17, 15) is 0 Å². The highest BCUT2D eigenvalue weighted by molar-refractivity contribution is 7.09. The number of thiazole rings is 1. The number of rotatable bonds is 5. The molecule has 0 radical (unpaired) electrons. The number of anilines is 1. The van der Waals surface area contributed by atoms with Gasteiger partial charge in [0.05, 0.1) is 17.8 Å². The molecule has 0 aliphatic heterocycles. The molecule has 0 aliphatic carbocycles. The number of hydrogen-bond donors (Lipinski definition) is 2. The van der Waals surface area contributed by atoms with Crippen molar-refractivity contribution >= 4 is 17.3 Å². The van der Waals surface area contributed by atoms with Gasteiger partial charge in [-0.05, 0) is 13.8 Å². The fraction of sp³-hybridized carbons (Fsp3) is 0.364. The van der Waals surface area contributed by atoms with Gasteiger partial charge in [-0.15, -0.1) is 11.3 Å². The summed E-state index contributed by atoms with van der Waals surface area (Å²) in [6.45, 7) is 4.42. The number of hydrogen-bond acceptors (Lipinski definition) is 7. The van der Waals surface area contributed by atoms with Crippen LogP contribution in [-0.4, -0.2) is 21.6 Å². The molecule has 0 atom stereocenters. The van der Waals surface area contributed by atoms with Crippen molar-refractivity contribution in [3.05, 3.63) is 27.8 Å². The van der Waals surface area contributed by atoms with Gasteiger partial charge in [0.25, 0.3) is 0 Å². The van der Waals surface area contributed by atoms with Gasteiger partial charge >= 0.3 is 0 Å². The molecule has 2 heterocycles. The van der Waals surface area contributed by atoms with Gasteiger partial charge in [0.15, 0.2) is 0 Å². The van der Waals surface area contributed by atoms with Crippen LogP contribution in [0.4, 0.5) is 5.95 Å². The van der Waals surface area contributed by atoms with Crippen molar-refractivity contribution < 1.29 is 4.74 Å². The van der Waals surface area contributed by atoms with E-state index in [2.05, 4.69) is 20.4 Å². The van der Waals surface area contributed by atoms with Crippen molar-refractivity contribution in [3.8, 4) is 5.88 Å². The van der Waals surface area contributed by atoms with Crippen molar-refractivity contribution in [3.63, 3.8) is 0 Å². The van der Waals surface area contributed by atoms with Gasteiger partial charge in [-0.1, -0.05) is 0 Å². The Labute approximate surface area is 109 Å². The third-order valence-electron chi connectivity index (χ3n) is 2.38. The molecule has 3 N–H and O–H groups in total. The first-order valence-electron chi connectivity index (χ1n) is 5.53. The van der Waals surface area contributed by atoms with Crippen molar-refractivity contribution in [2.45, 2.75) is 20.3 Å². The van der Waals surface area contributed by atoms with Gasteiger partial charge in [0.2, 0.25) is 11.8 Å². The van der Waals surface area contributed by atoms with Crippen LogP contribution in [0.5, 0.6) is 5.88 Å². The van der Waals surface area contributed by atoms with Gasteiger partial charge in [-0.2, -0.15) is 4.98 Å². The summed E-state index contributed by atoms with van der Waals surface area (Å²) in [5.74, 6) is 6.16. The van der Waals surface area contributed by atoms with Crippen LogP contribution >= 0.6 is 11.3 Å². The van der Waals surface area contributed by atoms with E-state index in [4.69, 9.17) is 10.6 Å². The molecule has 0 saturated heterocycles. The molecular weight excluding hydrogens is 250 g/mol. The van der Waals surface area contributed by atoms with Crippen LogP contribution in [0.1, 0.15) is 16.3 Å². The van der Waals surface area contributed by atoms with Crippen molar-refractivity contribution in [1.82, 2.24) is 15.0 Å². The van der Waals surface area contributed by atoms with E-state index < -0.39 is 0 Å². The van der Waals surface area contributed by atoms with E-state index in [-0.39, 0.29) is 0 Å². The Balaban J connectivity index is 1.94. The zero-order valence-electron chi connectivity index (χ0n) is 10.3. The molecule has 0 aromatic carbocycles. The average Bonchev–Trinajstić information content (AvgIpc) is 2.74. The van der Waals surface area contributed by atoms with Crippen molar-refractivity contribution in [2.75, 3.05) is 12.0 Å². The third kappa shape index (κ3) is 3.14. The number of hydrazine groups is 1. The van der Waals surface area contributed by atoms with Crippen LogP contribution in [0, 0.1) is 13.8 Å². The minimum Gasteiger partial charge on any atom is -0.477 e. The molecule has 0 saturated carbocycles. The zero-order valence-corrected chi connectivity index (χ0v) is 11.1. The fourth-order valence-corrected chi connectivity index (χ4v) is 2.26. The van der Waals surface area contributed by atoms with Gasteiger partial charge in [-0.3, -0.25) is 5.43 Å². The van der Waals surface area contributed by atoms with Crippen molar-refractivity contribution in [1.29, 1.82) is 0 Å². The summed E-state index contributed by atoms with van der Waals surface area (Å²) >= 11 is 1.64. The Morgan fingerprint density at radius 3 is 2.89 bits per heavy atom. The van der Waals surface area contributed by atoms with Crippen LogP contribution in [-0.2, 0) is 6.42 Å². The zero-order chi connectivity index (χ0) is 13.0. The van der Waals surface area contributed by atoms with Crippen molar-refractivity contribution in [2.24, 2.45) is 5.84 Å². The van der Waals surface area contributed by atoms with E-state index in [1.165, 1.54) is 4.88 Å². The number of nitrogens with two attached hydrogens (primary N) is 1. The van der Waals surface area contributed by atoms with Crippen LogP contribution in [0.3, 0.4) is 0 Å². The minimum atomic E-state index is 0.360. The quantitative estimate of drug-likeness (QED) is 0.628. The number of aromatic nitrogens is 3. The maximum absolute atomic E-state index is 5.59. The molecule has 0 aliphatic rings. The second-order valence-electron chi connectivity index (χ2n) is 3.77. The highest BCUT2D eigenvalue weighted by Crippen LogP contribution is 2.15. The molecule has 2 rings (SSSR count). The normalized spacial score (nSPS) is 10.4. The Kier molecular flexibility index (Phi) is 4.06. The van der Waals surface area contributed by atoms with E-state index >= 15 is 0 Å². The molecule has 7 heteroatoms. The van der Waals surface area contributed by atoms with E-state index in [0.29, 0.717) is 18.4 Å². The average molecular weight is 265 g/mol. The lowest BCUT2D eigenvalue weighted by atomic mass is 10.3. The maximum atomic E-state index is 5.59. The topological polar surface area (TPSA) is 86.0 Å². The Morgan fingerprint density at radius 2 is 2.22 bits per heavy atom. The predicted octanol–water partition coefficient (Wildman–Crippen LogP) is 1.46. The number of nitrogen functional groups attached to an aromatic ring is 1. The lowest BCUT2D eigenvalue weighted by molar-refractivity contribution is 0.309. The van der Waals surface area contributed by atoms with E-state index in [0.717, 1.165) is 17.8 Å². The van der Waals surface area contributed by atoms with Crippen LogP contribution in [0.2, 0.25) is 0 Å². The summed E-state index contributed by atoms with van der Waals surface area (Å²) in [5, 5.41) is 0. The Hall–Kier alpha value is -1.73. The molecule has 0 bridgehead atoms. The number of nitrogens with one attached hydrogen (secondary N) is 1. The summed E-state index contributed by atoms with van der Waals surface area (Å²) < 4.78 is 5.59. The number of ether oxygens (including phenoxy) is 1. The molecule has 2 aromatic heterocycles. The van der Waals surface area contributed by atoms with E-state index in [1.54, 1.807) is 17.4 Å². The molecule has 0 unspecified atom stereocenters. The lowest BCUT2D eigenvalue weighted by Gasteiger charge is -2.07. The minimum absolute atomic E-state index is 0.360. The van der Waals surface area contributed by atoms with Gasteiger partial charge in [0, 0.05) is 23.1 Å². The second kappa shape index (κ2) is 5.74. The monoisotopic (exact) mass is 265 g/mol. The van der Waals surface area contributed by atoms with Gasteiger partial charge in [-0.25, -0.2) is 15.8 Å². The molecule has 0 spiro atoms. The SMILES string of the molecule is Cc1cc(OCCc2scnc2C)nc(NN)n1. The molecule has 0 fully saturated rings. The Bertz CT molecular complexity index is 528. The summed E-state index contributed by atoms with van der Waals surface area (Å²) in [5.41, 5.74) is 6.12.